The Kier molecular flexibility index (Phi) is 4.75. The zero-order valence-corrected chi connectivity index (χ0v) is 12.4. The van der Waals surface area contributed by atoms with E-state index >= 15 is 0 Å². The number of hydrogen-bond donors (Lipinski definition) is 1. The Balaban J connectivity index is 2.07. The SMILES string of the molecule is Cc1ccc(F)c(C(=O)NCC(c2ccco2)N(C)C)c1. The van der Waals surface area contributed by atoms with E-state index in [1.54, 1.807) is 24.5 Å². The molecule has 1 amide bonds. The van der Waals surface area contributed by atoms with Gasteiger partial charge in [-0.25, -0.2) is 4.39 Å². The zero-order valence-electron chi connectivity index (χ0n) is 12.4. The molecule has 112 valence electrons. The van der Waals surface area contributed by atoms with E-state index < -0.39 is 11.7 Å². The second-order valence-electron chi connectivity index (χ2n) is 5.19. The summed E-state index contributed by atoms with van der Waals surface area (Å²) in [6.45, 7) is 2.16. The number of benzene rings is 1. The smallest absolute Gasteiger partial charge is 0.254 e. The van der Waals surface area contributed by atoms with Gasteiger partial charge in [0.2, 0.25) is 0 Å². The number of nitrogens with one attached hydrogen (secondary N) is 1. The second kappa shape index (κ2) is 6.54. The van der Waals surface area contributed by atoms with Gasteiger partial charge in [0, 0.05) is 6.54 Å². The molecule has 0 aliphatic carbocycles. The predicted octanol–water partition coefficient (Wildman–Crippen LogP) is 2.76. The van der Waals surface area contributed by atoms with Crippen LogP contribution in [0.3, 0.4) is 0 Å². The van der Waals surface area contributed by atoms with Crippen molar-refractivity contribution in [2.45, 2.75) is 13.0 Å². The average molecular weight is 290 g/mol. The minimum atomic E-state index is -0.516. The van der Waals surface area contributed by atoms with Gasteiger partial charge in [-0.15, -0.1) is 0 Å². The summed E-state index contributed by atoms with van der Waals surface area (Å²) in [6.07, 6.45) is 1.59. The third-order valence-corrected chi connectivity index (χ3v) is 3.32. The molecule has 0 fully saturated rings. The van der Waals surface area contributed by atoms with Crippen LogP contribution < -0.4 is 5.32 Å². The number of hydrogen-bond acceptors (Lipinski definition) is 3. The fourth-order valence-corrected chi connectivity index (χ4v) is 2.12. The van der Waals surface area contributed by atoms with Crippen LogP contribution in [0.25, 0.3) is 0 Å². The first kappa shape index (κ1) is 15.3. The monoisotopic (exact) mass is 290 g/mol. The summed E-state index contributed by atoms with van der Waals surface area (Å²) in [5.41, 5.74) is 0.906. The van der Waals surface area contributed by atoms with Gasteiger partial charge in [0.05, 0.1) is 17.9 Å². The fourth-order valence-electron chi connectivity index (χ4n) is 2.12. The molecule has 2 aromatic rings. The molecule has 0 aliphatic rings. The largest absolute Gasteiger partial charge is 0.468 e. The maximum absolute atomic E-state index is 13.7. The first-order valence-corrected chi connectivity index (χ1v) is 6.73. The van der Waals surface area contributed by atoms with Gasteiger partial charge < -0.3 is 9.73 Å². The van der Waals surface area contributed by atoms with Crippen LogP contribution in [0.1, 0.15) is 27.7 Å². The molecule has 1 aromatic heterocycles. The number of likely N-dealkylation sites (N-methyl/N-ethyl adjacent to an activating group) is 1. The summed E-state index contributed by atoms with van der Waals surface area (Å²) in [7, 11) is 3.79. The van der Waals surface area contributed by atoms with Crippen LogP contribution in [0.4, 0.5) is 4.39 Å². The van der Waals surface area contributed by atoms with Crippen LogP contribution in [-0.2, 0) is 0 Å². The molecule has 2 rings (SSSR count). The highest BCUT2D eigenvalue weighted by molar-refractivity contribution is 5.94. The molecule has 1 atom stereocenters. The summed E-state index contributed by atoms with van der Waals surface area (Å²) in [5, 5.41) is 2.76. The number of aryl methyl sites for hydroxylation is 1. The van der Waals surface area contributed by atoms with E-state index in [0.717, 1.165) is 11.3 Å². The molecule has 1 aromatic carbocycles. The standard InChI is InChI=1S/C16H19FN2O2/c1-11-6-7-13(17)12(9-11)16(20)18-10-14(19(2)3)15-5-4-8-21-15/h4-9,14H,10H2,1-3H3,(H,18,20). The molecule has 0 spiro atoms. The molecule has 1 N–H and O–H groups in total. The molecule has 21 heavy (non-hydrogen) atoms. The van der Waals surface area contributed by atoms with Gasteiger partial charge in [-0.1, -0.05) is 11.6 Å². The maximum Gasteiger partial charge on any atom is 0.254 e. The quantitative estimate of drug-likeness (QED) is 0.921. The van der Waals surface area contributed by atoms with Crippen molar-refractivity contribution in [2.24, 2.45) is 0 Å². The molecule has 0 saturated heterocycles. The third kappa shape index (κ3) is 3.70. The molecule has 1 unspecified atom stereocenters. The molecule has 0 bridgehead atoms. The number of amides is 1. The lowest BCUT2D eigenvalue weighted by Gasteiger charge is -2.22. The Morgan fingerprint density at radius 1 is 1.38 bits per heavy atom. The normalized spacial score (nSPS) is 12.4. The molecular weight excluding hydrogens is 271 g/mol. The minimum absolute atomic E-state index is 0.0620. The van der Waals surface area contributed by atoms with Crippen molar-refractivity contribution >= 4 is 5.91 Å². The first-order chi connectivity index (χ1) is 9.99. The van der Waals surface area contributed by atoms with Gasteiger partial charge in [-0.05, 0) is 45.3 Å². The molecule has 5 heteroatoms. The Labute approximate surface area is 123 Å². The van der Waals surface area contributed by atoms with Crippen molar-refractivity contribution in [3.05, 3.63) is 59.3 Å². The number of nitrogens with zero attached hydrogens (tertiary/aromatic N) is 1. The van der Waals surface area contributed by atoms with Crippen LogP contribution in [0.2, 0.25) is 0 Å². The van der Waals surface area contributed by atoms with Gasteiger partial charge in [0.15, 0.2) is 0 Å². The van der Waals surface area contributed by atoms with E-state index in [0.29, 0.717) is 6.54 Å². The van der Waals surface area contributed by atoms with E-state index in [9.17, 15) is 9.18 Å². The average Bonchev–Trinajstić information content (AvgIpc) is 2.95. The maximum atomic E-state index is 13.7. The molecule has 1 heterocycles. The first-order valence-electron chi connectivity index (χ1n) is 6.73. The summed E-state index contributed by atoms with van der Waals surface area (Å²) < 4.78 is 19.1. The van der Waals surface area contributed by atoms with Crippen LogP contribution in [-0.4, -0.2) is 31.4 Å². The van der Waals surface area contributed by atoms with E-state index in [-0.39, 0.29) is 11.6 Å². The topological polar surface area (TPSA) is 45.5 Å². The van der Waals surface area contributed by atoms with Gasteiger partial charge in [-0.2, -0.15) is 0 Å². The van der Waals surface area contributed by atoms with Crippen LogP contribution in [0.5, 0.6) is 0 Å². The Bertz CT molecular complexity index is 609. The summed E-state index contributed by atoms with van der Waals surface area (Å²) >= 11 is 0. The molecular formula is C16H19FN2O2. The Hall–Kier alpha value is -2.14. The number of halogens is 1. The van der Waals surface area contributed by atoms with Crippen molar-refractivity contribution in [3.8, 4) is 0 Å². The fraction of sp³-hybridized carbons (Fsp3) is 0.312. The summed E-state index contributed by atoms with van der Waals surface area (Å²) in [5.74, 6) is -0.183. The lowest BCUT2D eigenvalue weighted by atomic mass is 10.1. The summed E-state index contributed by atoms with van der Waals surface area (Å²) in [6, 6.07) is 8.04. The lowest BCUT2D eigenvalue weighted by molar-refractivity contribution is 0.0935. The highest BCUT2D eigenvalue weighted by atomic mass is 19.1. The minimum Gasteiger partial charge on any atom is -0.468 e. The van der Waals surface area contributed by atoms with E-state index in [1.807, 2.05) is 32.0 Å². The number of carbonyl (C=O) groups excluding carboxylic acids is 1. The van der Waals surface area contributed by atoms with Crippen molar-refractivity contribution in [1.82, 2.24) is 10.2 Å². The Morgan fingerprint density at radius 2 is 2.14 bits per heavy atom. The van der Waals surface area contributed by atoms with Crippen molar-refractivity contribution in [3.63, 3.8) is 0 Å². The van der Waals surface area contributed by atoms with E-state index in [1.165, 1.54) is 6.07 Å². The molecule has 0 radical (unpaired) electrons. The number of rotatable bonds is 5. The molecule has 4 nitrogen and oxygen atoms in total. The highest BCUT2D eigenvalue weighted by Gasteiger charge is 2.19. The zero-order chi connectivity index (χ0) is 15.4. The molecule has 0 aliphatic heterocycles. The molecule has 0 saturated carbocycles. The summed E-state index contributed by atoms with van der Waals surface area (Å²) in [4.78, 5) is 14.1. The van der Waals surface area contributed by atoms with E-state index in [4.69, 9.17) is 4.42 Å². The van der Waals surface area contributed by atoms with Gasteiger partial charge >= 0.3 is 0 Å². The number of carbonyl (C=O) groups is 1. The Morgan fingerprint density at radius 3 is 2.76 bits per heavy atom. The second-order valence-corrected chi connectivity index (χ2v) is 5.19. The van der Waals surface area contributed by atoms with Crippen molar-refractivity contribution in [2.75, 3.05) is 20.6 Å². The lowest BCUT2D eigenvalue weighted by Crippen LogP contribution is -2.34. The number of furan rings is 1. The van der Waals surface area contributed by atoms with Gasteiger partial charge in [0.1, 0.15) is 11.6 Å². The predicted molar refractivity (Wildman–Crippen MR) is 78.6 cm³/mol. The van der Waals surface area contributed by atoms with Crippen LogP contribution in [0, 0.1) is 12.7 Å². The van der Waals surface area contributed by atoms with Crippen LogP contribution in [0.15, 0.2) is 41.0 Å². The van der Waals surface area contributed by atoms with Crippen LogP contribution >= 0.6 is 0 Å². The van der Waals surface area contributed by atoms with E-state index in [2.05, 4.69) is 5.32 Å². The highest BCUT2D eigenvalue weighted by Crippen LogP contribution is 2.18. The van der Waals surface area contributed by atoms with Gasteiger partial charge in [-0.3, -0.25) is 9.69 Å². The third-order valence-electron chi connectivity index (χ3n) is 3.32. The van der Waals surface area contributed by atoms with Gasteiger partial charge in [0.25, 0.3) is 5.91 Å². The van der Waals surface area contributed by atoms with Crippen molar-refractivity contribution < 1.29 is 13.6 Å². The van der Waals surface area contributed by atoms with Crippen molar-refractivity contribution in [1.29, 1.82) is 0 Å².